The normalized spacial score (nSPS) is 18.1. The van der Waals surface area contributed by atoms with Gasteiger partial charge in [0.2, 0.25) is 0 Å². The lowest BCUT2D eigenvalue weighted by Gasteiger charge is -2.41. The molecule has 2 aromatic carbocycles. The number of carbonyl (C=O) groups excluding carboxylic acids is 2. The van der Waals surface area contributed by atoms with Crippen LogP contribution in [0, 0.1) is 11.6 Å². The van der Waals surface area contributed by atoms with E-state index in [0.717, 1.165) is 6.07 Å². The monoisotopic (exact) mass is 703 g/mol. The molecule has 0 radical (unpaired) electrons. The van der Waals surface area contributed by atoms with E-state index in [1.807, 2.05) is 4.90 Å². The fourth-order valence-electron chi connectivity index (χ4n) is 5.65. The van der Waals surface area contributed by atoms with E-state index >= 15 is 8.78 Å². The van der Waals surface area contributed by atoms with Crippen LogP contribution in [-0.2, 0) is 16.1 Å². The fraction of sp³-hybridized carbons (Fsp3) is 0.531. The first-order valence-corrected chi connectivity index (χ1v) is 15.8. The van der Waals surface area contributed by atoms with E-state index in [0.29, 0.717) is 36.9 Å². The van der Waals surface area contributed by atoms with Crippen molar-refractivity contribution >= 4 is 40.9 Å². The summed E-state index contributed by atoms with van der Waals surface area (Å²) in [6, 6.07) is 6.29. The number of nitrogens with zero attached hydrogens (tertiary/aromatic N) is 4. The van der Waals surface area contributed by atoms with E-state index in [9.17, 15) is 32.7 Å². The van der Waals surface area contributed by atoms with E-state index in [4.69, 9.17) is 16.3 Å². The molecule has 2 aliphatic heterocycles. The number of piperazine rings is 2. The Morgan fingerprint density at radius 1 is 0.979 bits per heavy atom. The van der Waals surface area contributed by atoms with Crippen molar-refractivity contribution in [2.45, 2.75) is 58.0 Å². The Bertz CT molecular complexity index is 1500. The molecule has 2 aromatic rings. The Morgan fingerprint density at radius 3 is 2.29 bits per heavy atom. The predicted molar refractivity (Wildman–Crippen MR) is 169 cm³/mol. The first-order chi connectivity index (χ1) is 22.4. The summed E-state index contributed by atoms with van der Waals surface area (Å²) in [5, 5.41) is 12.4. The Kier molecular flexibility index (Phi) is 11.8. The van der Waals surface area contributed by atoms with Crippen LogP contribution in [0.15, 0.2) is 30.3 Å². The maximum absolute atomic E-state index is 15.4. The van der Waals surface area contributed by atoms with Crippen LogP contribution in [0.25, 0.3) is 0 Å². The van der Waals surface area contributed by atoms with Crippen molar-refractivity contribution in [2.75, 3.05) is 62.6 Å². The fourth-order valence-corrected chi connectivity index (χ4v) is 5.82. The third-order valence-corrected chi connectivity index (χ3v) is 8.31. The Morgan fingerprint density at radius 2 is 1.67 bits per heavy atom. The standard InChI is InChI=1S/C32H39ClF5N5O5/c1-31(2,3)48-30(47)43-15-14-42(22(19-43)17-26(44)45)18-20-4-6-23(28(35)27(20)34)29(46)39-24-7-5-21(33)16-25(24)41-12-10-40(11-13-41)9-8-32(36,37)38/h4-7,16,22H,8-15,17-19H2,1-3H3,(H,39,46)(H,44,45)/t22-/m0/s1. The van der Waals surface area contributed by atoms with Gasteiger partial charge in [0.1, 0.15) is 5.60 Å². The minimum atomic E-state index is -4.25. The van der Waals surface area contributed by atoms with Crippen LogP contribution in [0.3, 0.4) is 0 Å². The van der Waals surface area contributed by atoms with Crippen LogP contribution >= 0.6 is 11.6 Å². The molecule has 0 unspecified atom stereocenters. The van der Waals surface area contributed by atoms with Crippen molar-refractivity contribution in [3.05, 3.63) is 58.1 Å². The summed E-state index contributed by atoms with van der Waals surface area (Å²) >= 11 is 6.20. The number of alkyl halides is 3. The van der Waals surface area contributed by atoms with E-state index in [-0.39, 0.29) is 50.4 Å². The zero-order valence-corrected chi connectivity index (χ0v) is 27.6. The molecule has 4 rings (SSSR count). The van der Waals surface area contributed by atoms with Crippen LogP contribution in [-0.4, -0.2) is 108 Å². The SMILES string of the molecule is CC(C)(C)OC(=O)N1CCN(Cc2ccc(C(=O)Nc3ccc(Cl)cc3N3CCN(CCC(F)(F)F)CC3)c(F)c2F)[C@@H](CC(=O)O)C1. The highest BCUT2D eigenvalue weighted by Gasteiger charge is 2.34. The van der Waals surface area contributed by atoms with E-state index < -0.39 is 59.4 Å². The molecule has 2 fully saturated rings. The predicted octanol–water partition coefficient (Wildman–Crippen LogP) is 5.84. The van der Waals surface area contributed by atoms with Crippen LogP contribution in [0.4, 0.5) is 38.1 Å². The number of carboxylic acid groups (broad SMARTS) is 1. The molecule has 2 heterocycles. The molecule has 2 aliphatic rings. The lowest BCUT2D eigenvalue weighted by molar-refractivity contribution is -0.139. The number of anilines is 2. The molecular formula is C32H39ClF5N5O5. The van der Waals surface area contributed by atoms with Gasteiger partial charge in [-0.1, -0.05) is 17.7 Å². The smallest absolute Gasteiger partial charge is 0.410 e. The van der Waals surface area contributed by atoms with Crippen LogP contribution in [0.2, 0.25) is 5.02 Å². The summed E-state index contributed by atoms with van der Waals surface area (Å²) in [6.07, 6.45) is -6.12. The zero-order chi connectivity index (χ0) is 35.4. The van der Waals surface area contributed by atoms with E-state index in [1.54, 1.807) is 36.6 Å². The summed E-state index contributed by atoms with van der Waals surface area (Å²) in [4.78, 5) is 43.9. The van der Waals surface area contributed by atoms with Crippen molar-refractivity contribution in [3.63, 3.8) is 0 Å². The van der Waals surface area contributed by atoms with Gasteiger partial charge in [-0.2, -0.15) is 13.2 Å². The average Bonchev–Trinajstić information content (AvgIpc) is 2.99. The molecule has 264 valence electrons. The number of benzene rings is 2. The number of ether oxygens (including phenoxy) is 1. The molecular weight excluding hydrogens is 665 g/mol. The number of amides is 2. The quantitative estimate of drug-likeness (QED) is 0.314. The highest BCUT2D eigenvalue weighted by Crippen LogP contribution is 2.32. The number of aliphatic carboxylic acids is 1. The van der Waals surface area contributed by atoms with Crippen LogP contribution in [0.1, 0.15) is 49.5 Å². The van der Waals surface area contributed by atoms with Gasteiger partial charge in [-0.25, -0.2) is 13.6 Å². The Balaban J connectivity index is 1.45. The molecule has 0 saturated carbocycles. The molecule has 0 bridgehead atoms. The second kappa shape index (κ2) is 15.2. The summed E-state index contributed by atoms with van der Waals surface area (Å²) in [7, 11) is 0. The second-order valence-electron chi connectivity index (χ2n) is 12.9. The lowest BCUT2D eigenvalue weighted by Crippen LogP contribution is -2.55. The van der Waals surface area contributed by atoms with Crippen molar-refractivity contribution in [1.82, 2.24) is 14.7 Å². The topological polar surface area (TPSA) is 106 Å². The first kappa shape index (κ1) is 37.1. The third-order valence-electron chi connectivity index (χ3n) is 8.08. The van der Waals surface area contributed by atoms with E-state index in [1.165, 1.54) is 23.1 Å². The molecule has 2 saturated heterocycles. The van der Waals surface area contributed by atoms with Gasteiger partial charge in [0.15, 0.2) is 11.6 Å². The van der Waals surface area contributed by atoms with E-state index in [2.05, 4.69) is 5.32 Å². The van der Waals surface area contributed by atoms with Gasteiger partial charge in [-0.15, -0.1) is 0 Å². The number of nitrogens with one attached hydrogen (secondary N) is 1. The summed E-state index contributed by atoms with van der Waals surface area (Å²) < 4.78 is 74.1. The number of halogens is 6. The molecule has 2 N–H and O–H groups in total. The number of hydrogen-bond donors (Lipinski definition) is 2. The number of carboxylic acids is 1. The minimum Gasteiger partial charge on any atom is -0.481 e. The minimum absolute atomic E-state index is 0.0117. The number of hydrogen-bond acceptors (Lipinski definition) is 7. The van der Waals surface area contributed by atoms with Crippen molar-refractivity contribution < 1.29 is 46.2 Å². The number of carbonyl (C=O) groups is 3. The van der Waals surface area contributed by atoms with Gasteiger partial charge < -0.3 is 25.0 Å². The van der Waals surface area contributed by atoms with Crippen LogP contribution in [0.5, 0.6) is 0 Å². The van der Waals surface area contributed by atoms with Gasteiger partial charge in [0, 0.05) is 75.5 Å². The summed E-state index contributed by atoms with van der Waals surface area (Å²) in [5.41, 5.74) is -0.667. The zero-order valence-electron chi connectivity index (χ0n) is 26.9. The summed E-state index contributed by atoms with van der Waals surface area (Å²) in [6.45, 7) is 6.61. The molecule has 1 atom stereocenters. The molecule has 16 heteroatoms. The molecule has 10 nitrogen and oxygen atoms in total. The second-order valence-corrected chi connectivity index (χ2v) is 13.3. The Labute approximate surface area is 280 Å². The third kappa shape index (κ3) is 10.2. The average molecular weight is 704 g/mol. The summed E-state index contributed by atoms with van der Waals surface area (Å²) in [5.74, 6) is -4.71. The number of rotatable bonds is 9. The lowest BCUT2D eigenvalue weighted by atomic mass is 10.0. The van der Waals surface area contributed by atoms with Gasteiger partial charge in [0.25, 0.3) is 5.91 Å². The first-order valence-electron chi connectivity index (χ1n) is 15.5. The van der Waals surface area contributed by atoms with Gasteiger partial charge in [0.05, 0.1) is 29.8 Å². The van der Waals surface area contributed by atoms with Crippen LogP contribution < -0.4 is 10.2 Å². The van der Waals surface area contributed by atoms with Crippen molar-refractivity contribution in [3.8, 4) is 0 Å². The van der Waals surface area contributed by atoms with Gasteiger partial charge in [-0.3, -0.25) is 19.4 Å². The molecule has 0 aromatic heterocycles. The molecule has 0 aliphatic carbocycles. The molecule has 48 heavy (non-hydrogen) atoms. The molecule has 0 spiro atoms. The van der Waals surface area contributed by atoms with Crippen molar-refractivity contribution in [2.24, 2.45) is 0 Å². The molecule has 2 amide bonds. The van der Waals surface area contributed by atoms with Crippen molar-refractivity contribution in [1.29, 1.82) is 0 Å². The maximum Gasteiger partial charge on any atom is 0.410 e. The van der Waals surface area contributed by atoms with Gasteiger partial charge >= 0.3 is 18.2 Å². The highest BCUT2D eigenvalue weighted by atomic mass is 35.5. The largest absolute Gasteiger partial charge is 0.481 e. The maximum atomic E-state index is 15.4. The van der Waals surface area contributed by atoms with Gasteiger partial charge in [-0.05, 0) is 45.0 Å². The highest BCUT2D eigenvalue weighted by molar-refractivity contribution is 6.31. The Hall–Kier alpha value is -3.69.